The van der Waals surface area contributed by atoms with Crippen LogP contribution >= 0.6 is 0 Å². The Morgan fingerprint density at radius 3 is 0.500 bits per heavy atom. The minimum atomic E-state index is 0. The van der Waals surface area contributed by atoms with Crippen LogP contribution in [0.5, 0.6) is 0 Å². The molecular formula is Co3Pt. The Morgan fingerprint density at radius 2 is 0.500 bits per heavy atom. The van der Waals surface area contributed by atoms with Crippen LogP contribution in [0, 0.1) is 0 Å². The largest absolute Gasteiger partial charge is 0 e. The van der Waals surface area contributed by atoms with E-state index < -0.39 is 0 Å². The van der Waals surface area contributed by atoms with Crippen LogP contribution in [0.25, 0.3) is 0 Å². The van der Waals surface area contributed by atoms with Crippen molar-refractivity contribution in [1.82, 2.24) is 0 Å². The maximum absolute atomic E-state index is 0. The van der Waals surface area contributed by atoms with Crippen molar-refractivity contribution >= 4 is 0 Å². The summed E-state index contributed by atoms with van der Waals surface area (Å²) in [6.45, 7) is 0. The van der Waals surface area contributed by atoms with Gasteiger partial charge in [-0.3, -0.25) is 0 Å². The van der Waals surface area contributed by atoms with E-state index in [1.807, 2.05) is 0 Å². The first-order chi connectivity index (χ1) is 0. The van der Waals surface area contributed by atoms with E-state index in [4.69, 9.17) is 0 Å². The molecule has 0 fully saturated rings. The fourth-order valence-corrected chi connectivity index (χ4v) is 0. The van der Waals surface area contributed by atoms with Gasteiger partial charge in [0, 0.05) is 71.4 Å². The molecule has 0 aromatic heterocycles. The van der Waals surface area contributed by atoms with Crippen molar-refractivity contribution in [3.05, 3.63) is 0 Å². The maximum Gasteiger partial charge on any atom is 0 e. The first kappa shape index (κ1) is 34.5. The Morgan fingerprint density at radius 1 is 0.500 bits per heavy atom. The van der Waals surface area contributed by atoms with Gasteiger partial charge in [0.2, 0.25) is 0 Å². The third-order valence-electron chi connectivity index (χ3n) is 0. The van der Waals surface area contributed by atoms with Gasteiger partial charge in [0.25, 0.3) is 0 Å². The molecular weight excluding hydrogens is 372 g/mol. The Bertz CT molecular complexity index is 3.25. The van der Waals surface area contributed by atoms with Crippen molar-refractivity contribution in [2.75, 3.05) is 0 Å². The number of hydrogen-bond donors (Lipinski definition) is 0. The summed E-state index contributed by atoms with van der Waals surface area (Å²) in [7, 11) is 0. The fraction of sp³-hybridized carbons (Fsp3) is 0. The molecule has 4 heavy (non-hydrogen) atoms. The average Bonchev–Trinajstić information content (AvgIpc) is 0. The molecule has 0 spiro atoms. The molecule has 0 atom stereocenters. The van der Waals surface area contributed by atoms with Gasteiger partial charge in [-0.05, 0) is 0 Å². The Labute approximate surface area is 70.7 Å². The van der Waals surface area contributed by atoms with Gasteiger partial charge < -0.3 is 0 Å². The summed E-state index contributed by atoms with van der Waals surface area (Å²) in [5.74, 6) is 0. The second-order valence-electron chi connectivity index (χ2n) is 0. The SMILES string of the molecule is [Co].[Co].[Co].[Pt]. The molecule has 0 aliphatic rings. The quantitative estimate of drug-likeness (QED) is 0.562. The molecule has 0 N–H and O–H groups in total. The van der Waals surface area contributed by atoms with Gasteiger partial charge in [-0.15, -0.1) is 0 Å². The predicted octanol–water partition coefficient (Wildman–Crippen LogP) is -0.0100. The maximum atomic E-state index is 0. The summed E-state index contributed by atoms with van der Waals surface area (Å²) in [6, 6.07) is 0. The fourth-order valence-electron chi connectivity index (χ4n) is 0. The van der Waals surface area contributed by atoms with Crippen molar-refractivity contribution in [3.8, 4) is 0 Å². The van der Waals surface area contributed by atoms with Crippen molar-refractivity contribution < 1.29 is 71.4 Å². The first-order valence-electron chi connectivity index (χ1n) is 0. The van der Waals surface area contributed by atoms with Crippen LogP contribution in [0.2, 0.25) is 0 Å². The van der Waals surface area contributed by atoms with E-state index in [1.165, 1.54) is 0 Å². The predicted molar refractivity (Wildman–Crippen MR) is 0 cm³/mol. The molecule has 0 saturated carbocycles. The molecule has 0 rings (SSSR count). The summed E-state index contributed by atoms with van der Waals surface area (Å²) in [5, 5.41) is 0. The zero-order chi connectivity index (χ0) is 0. The van der Waals surface area contributed by atoms with Crippen LogP contribution < -0.4 is 0 Å². The summed E-state index contributed by atoms with van der Waals surface area (Å²) < 4.78 is 0. The zero-order valence-corrected chi connectivity index (χ0v) is 6.71. The van der Waals surface area contributed by atoms with Crippen LogP contribution in [0.3, 0.4) is 0 Å². The Balaban J connectivity index is 0. The Kier molecular flexibility index (Phi) is 163. The molecule has 0 aliphatic heterocycles. The molecule has 0 nitrogen and oxygen atoms in total. The molecule has 0 amide bonds. The van der Waals surface area contributed by atoms with E-state index in [-0.39, 0.29) is 71.4 Å². The summed E-state index contributed by atoms with van der Waals surface area (Å²) >= 11 is 0. The summed E-state index contributed by atoms with van der Waals surface area (Å²) in [4.78, 5) is 0. The van der Waals surface area contributed by atoms with Gasteiger partial charge in [-0.25, -0.2) is 0 Å². The van der Waals surface area contributed by atoms with Crippen molar-refractivity contribution in [3.63, 3.8) is 0 Å². The summed E-state index contributed by atoms with van der Waals surface area (Å²) in [5.41, 5.74) is 0. The first-order valence-corrected chi connectivity index (χ1v) is 0. The minimum Gasteiger partial charge on any atom is 0 e. The van der Waals surface area contributed by atoms with Gasteiger partial charge in [0.05, 0.1) is 0 Å². The molecule has 0 heterocycles. The normalized spacial score (nSPS) is 0. The molecule has 37 valence electrons. The van der Waals surface area contributed by atoms with E-state index >= 15 is 0 Å². The van der Waals surface area contributed by atoms with Gasteiger partial charge in [-0.1, -0.05) is 0 Å². The average molecular weight is 372 g/mol. The Hall–Kier alpha value is 2.21. The standard InChI is InChI=1S/3Co.Pt. The second kappa shape index (κ2) is 18.9. The monoisotopic (exact) mass is 372 g/mol. The number of hydrogen-bond acceptors (Lipinski definition) is 0. The molecule has 0 unspecified atom stereocenters. The van der Waals surface area contributed by atoms with Crippen LogP contribution in [-0.4, -0.2) is 0 Å². The minimum absolute atomic E-state index is 0. The van der Waals surface area contributed by atoms with E-state index in [2.05, 4.69) is 0 Å². The van der Waals surface area contributed by atoms with Gasteiger partial charge in [-0.2, -0.15) is 0 Å². The van der Waals surface area contributed by atoms with Gasteiger partial charge >= 0.3 is 0 Å². The smallest absolute Gasteiger partial charge is 0 e. The molecule has 4 heteroatoms. The number of rotatable bonds is 0. The van der Waals surface area contributed by atoms with Gasteiger partial charge in [0.1, 0.15) is 0 Å². The third-order valence-corrected chi connectivity index (χ3v) is 0. The van der Waals surface area contributed by atoms with Gasteiger partial charge in [0.15, 0.2) is 0 Å². The van der Waals surface area contributed by atoms with Crippen molar-refractivity contribution in [2.45, 2.75) is 0 Å². The molecule has 0 saturated heterocycles. The van der Waals surface area contributed by atoms with Crippen LogP contribution in [-0.2, 0) is 71.4 Å². The van der Waals surface area contributed by atoms with E-state index in [0.29, 0.717) is 0 Å². The van der Waals surface area contributed by atoms with Crippen LogP contribution in [0.1, 0.15) is 0 Å². The molecule has 0 aliphatic carbocycles. The van der Waals surface area contributed by atoms with Crippen molar-refractivity contribution in [2.24, 2.45) is 0 Å². The van der Waals surface area contributed by atoms with Crippen LogP contribution in [0.4, 0.5) is 0 Å². The van der Waals surface area contributed by atoms with Crippen LogP contribution in [0.15, 0.2) is 0 Å². The van der Waals surface area contributed by atoms with E-state index in [1.54, 1.807) is 0 Å². The van der Waals surface area contributed by atoms with E-state index in [9.17, 15) is 0 Å². The molecule has 0 aromatic rings. The molecule has 0 bridgehead atoms. The second-order valence-corrected chi connectivity index (χ2v) is 0. The molecule has 3 radical (unpaired) electrons. The van der Waals surface area contributed by atoms with E-state index in [0.717, 1.165) is 0 Å². The van der Waals surface area contributed by atoms with Crippen molar-refractivity contribution in [1.29, 1.82) is 0 Å². The third kappa shape index (κ3) is 8.88. The zero-order valence-electron chi connectivity index (χ0n) is 1.32. The molecule has 0 aromatic carbocycles. The summed E-state index contributed by atoms with van der Waals surface area (Å²) in [6.07, 6.45) is 0. The topological polar surface area (TPSA) is 0 Å².